The Bertz CT molecular complexity index is 935. The van der Waals surface area contributed by atoms with Crippen molar-refractivity contribution in [2.45, 2.75) is 72.6 Å². The zero-order valence-electron chi connectivity index (χ0n) is 20.0. The second-order valence-electron chi connectivity index (χ2n) is 8.94. The summed E-state index contributed by atoms with van der Waals surface area (Å²) in [6.07, 6.45) is 12.9. The predicted octanol–water partition coefficient (Wildman–Crippen LogP) is 7.55. The first-order valence-corrected chi connectivity index (χ1v) is 11.5. The lowest BCUT2D eigenvalue weighted by molar-refractivity contribution is 0.439. The van der Waals surface area contributed by atoms with E-state index in [1.54, 1.807) is 24.3 Å². The van der Waals surface area contributed by atoms with Crippen LogP contribution in [0.15, 0.2) is 71.3 Å². The molecule has 0 saturated heterocycles. The van der Waals surface area contributed by atoms with Gasteiger partial charge in [-0.1, -0.05) is 47.1 Å². The van der Waals surface area contributed by atoms with Crippen LogP contribution in [0.4, 0.5) is 0 Å². The van der Waals surface area contributed by atoms with Crippen molar-refractivity contribution in [3.63, 3.8) is 0 Å². The third-order valence-electron chi connectivity index (χ3n) is 5.68. The molecule has 0 fully saturated rings. The number of aryl methyl sites for hydroxylation is 2. The van der Waals surface area contributed by atoms with Crippen molar-refractivity contribution >= 4 is 0 Å². The zero-order chi connectivity index (χ0) is 23.5. The van der Waals surface area contributed by atoms with E-state index >= 15 is 0 Å². The summed E-state index contributed by atoms with van der Waals surface area (Å²) in [4.78, 5) is 0. The molecule has 2 aromatic carbocycles. The summed E-state index contributed by atoms with van der Waals surface area (Å²) in [5.74, 6) is 0.539. The SMILES string of the molecule is CC(C)=CCC/C(C)=C/CC/C(C)=C/Cc1c(O)cc(CCc2ccc(O)cc2)cc1O. The second-order valence-corrected chi connectivity index (χ2v) is 8.94. The molecule has 0 unspecified atom stereocenters. The number of allylic oxidation sites excluding steroid dienone is 6. The van der Waals surface area contributed by atoms with E-state index < -0.39 is 0 Å². The molecular formula is C29H38O3. The van der Waals surface area contributed by atoms with Gasteiger partial charge in [-0.2, -0.15) is 0 Å². The van der Waals surface area contributed by atoms with Gasteiger partial charge in [0.05, 0.1) is 0 Å². The van der Waals surface area contributed by atoms with E-state index in [-0.39, 0.29) is 17.2 Å². The lowest BCUT2D eigenvalue weighted by Gasteiger charge is -2.10. The summed E-state index contributed by atoms with van der Waals surface area (Å²) in [6, 6.07) is 10.6. The largest absolute Gasteiger partial charge is 0.508 e. The molecule has 172 valence electrons. The number of phenols is 3. The van der Waals surface area contributed by atoms with Crippen LogP contribution in [0.1, 0.15) is 70.1 Å². The van der Waals surface area contributed by atoms with Gasteiger partial charge in [0.15, 0.2) is 0 Å². The normalized spacial score (nSPS) is 12.1. The van der Waals surface area contributed by atoms with Gasteiger partial charge in [-0.15, -0.1) is 0 Å². The van der Waals surface area contributed by atoms with Crippen LogP contribution in [0.3, 0.4) is 0 Å². The zero-order valence-corrected chi connectivity index (χ0v) is 20.0. The van der Waals surface area contributed by atoms with E-state index in [1.807, 2.05) is 12.1 Å². The number of phenolic OH excluding ortho intramolecular Hbond substituents is 3. The van der Waals surface area contributed by atoms with Gasteiger partial charge in [0.25, 0.3) is 0 Å². The molecule has 2 aromatic rings. The maximum absolute atomic E-state index is 10.5. The molecule has 0 spiro atoms. The van der Waals surface area contributed by atoms with Gasteiger partial charge in [0.1, 0.15) is 17.2 Å². The summed E-state index contributed by atoms with van der Waals surface area (Å²) in [6.45, 7) is 8.56. The Morgan fingerprint density at radius 3 is 1.81 bits per heavy atom. The number of aromatic hydroxyl groups is 3. The molecule has 0 aromatic heterocycles. The predicted molar refractivity (Wildman–Crippen MR) is 134 cm³/mol. The van der Waals surface area contributed by atoms with Crippen molar-refractivity contribution in [2.75, 3.05) is 0 Å². The van der Waals surface area contributed by atoms with E-state index in [1.165, 1.54) is 16.7 Å². The minimum Gasteiger partial charge on any atom is -0.508 e. The number of benzene rings is 2. The maximum Gasteiger partial charge on any atom is 0.123 e. The van der Waals surface area contributed by atoms with Crippen LogP contribution < -0.4 is 0 Å². The van der Waals surface area contributed by atoms with E-state index in [0.717, 1.165) is 43.2 Å². The molecule has 0 bridgehead atoms. The smallest absolute Gasteiger partial charge is 0.123 e. The highest BCUT2D eigenvalue weighted by molar-refractivity contribution is 5.48. The van der Waals surface area contributed by atoms with E-state index in [9.17, 15) is 15.3 Å². The van der Waals surface area contributed by atoms with Crippen molar-refractivity contribution in [1.82, 2.24) is 0 Å². The van der Waals surface area contributed by atoms with Gasteiger partial charge in [-0.05, 0) is 108 Å². The quantitative estimate of drug-likeness (QED) is 0.320. The molecule has 32 heavy (non-hydrogen) atoms. The molecule has 0 radical (unpaired) electrons. The molecule has 0 saturated carbocycles. The van der Waals surface area contributed by atoms with Crippen LogP contribution >= 0.6 is 0 Å². The molecule has 0 aliphatic carbocycles. The molecule has 0 amide bonds. The molecule has 0 aliphatic heterocycles. The average molecular weight is 435 g/mol. The van der Waals surface area contributed by atoms with Gasteiger partial charge in [0.2, 0.25) is 0 Å². The van der Waals surface area contributed by atoms with Crippen LogP contribution in [0.2, 0.25) is 0 Å². The van der Waals surface area contributed by atoms with Crippen LogP contribution in [0.25, 0.3) is 0 Å². The Balaban J connectivity index is 1.88. The van der Waals surface area contributed by atoms with Crippen molar-refractivity contribution in [3.8, 4) is 17.2 Å². The maximum atomic E-state index is 10.5. The first-order chi connectivity index (χ1) is 15.2. The molecule has 2 rings (SSSR count). The molecule has 0 atom stereocenters. The van der Waals surface area contributed by atoms with Gasteiger partial charge >= 0.3 is 0 Å². The summed E-state index contributed by atoms with van der Waals surface area (Å²) < 4.78 is 0. The Kier molecular flexibility index (Phi) is 10.1. The lowest BCUT2D eigenvalue weighted by Crippen LogP contribution is -1.94. The van der Waals surface area contributed by atoms with Crippen LogP contribution in [-0.2, 0) is 19.3 Å². The van der Waals surface area contributed by atoms with Crippen molar-refractivity contribution in [1.29, 1.82) is 0 Å². The number of hydrogen-bond donors (Lipinski definition) is 3. The van der Waals surface area contributed by atoms with Crippen LogP contribution in [0.5, 0.6) is 17.2 Å². The van der Waals surface area contributed by atoms with Crippen molar-refractivity contribution < 1.29 is 15.3 Å². The van der Waals surface area contributed by atoms with Crippen LogP contribution in [-0.4, -0.2) is 15.3 Å². The fourth-order valence-electron chi connectivity index (χ4n) is 3.62. The molecule has 3 nitrogen and oxygen atoms in total. The fraction of sp³-hybridized carbons (Fsp3) is 0.379. The second kappa shape index (κ2) is 12.8. The molecule has 3 N–H and O–H groups in total. The third-order valence-corrected chi connectivity index (χ3v) is 5.68. The Morgan fingerprint density at radius 1 is 0.688 bits per heavy atom. The Morgan fingerprint density at radius 2 is 1.22 bits per heavy atom. The van der Waals surface area contributed by atoms with Crippen LogP contribution in [0, 0.1) is 0 Å². The summed E-state index contributed by atoms with van der Waals surface area (Å²) >= 11 is 0. The Hall–Kier alpha value is -2.94. The Labute approximate surface area is 193 Å². The molecule has 0 aliphatic rings. The van der Waals surface area contributed by atoms with E-state index in [4.69, 9.17) is 0 Å². The highest BCUT2D eigenvalue weighted by atomic mass is 16.3. The minimum absolute atomic E-state index is 0.143. The highest BCUT2D eigenvalue weighted by Gasteiger charge is 2.09. The summed E-state index contributed by atoms with van der Waals surface area (Å²) in [7, 11) is 0. The third kappa shape index (κ3) is 9.05. The summed E-state index contributed by atoms with van der Waals surface area (Å²) in [5, 5.41) is 30.3. The molecular weight excluding hydrogens is 396 g/mol. The van der Waals surface area contributed by atoms with Crippen molar-refractivity contribution in [3.05, 3.63) is 88.0 Å². The molecule has 0 heterocycles. The average Bonchev–Trinajstić information content (AvgIpc) is 2.72. The highest BCUT2D eigenvalue weighted by Crippen LogP contribution is 2.30. The topological polar surface area (TPSA) is 60.7 Å². The number of rotatable bonds is 11. The van der Waals surface area contributed by atoms with Gasteiger partial charge in [0, 0.05) is 5.56 Å². The summed E-state index contributed by atoms with van der Waals surface area (Å²) in [5.41, 5.74) is 6.62. The number of hydrogen-bond acceptors (Lipinski definition) is 3. The lowest BCUT2D eigenvalue weighted by atomic mass is 9.99. The van der Waals surface area contributed by atoms with E-state index in [0.29, 0.717) is 18.4 Å². The standard InChI is InChI=1S/C29H38O3/c1-21(2)7-5-8-22(3)9-6-10-23(4)11-18-27-28(31)19-25(20-29(27)32)13-12-24-14-16-26(30)17-15-24/h7,9,11,14-17,19-20,30-32H,5-6,8,10,12-13,18H2,1-4H3/b22-9+,23-11+. The molecule has 3 heteroatoms. The van der Waals surface area contributed by atoms with E-state index in [2.05, 4.69) is 45.9 Å². The fourth-order valence-corrected chi connectivity index (χ4v) is 3.62. The monoisotopic (exact) mass is 434 g/mol. The van der Waals surface area contributed by atoms with Crippen molar-refractivity contribution in [2.24, 2.45) is 0 Å². The van der Waals surface area contributed by atoms with Gasteiger partial charge in [-0.25, -0.2) is 0 Å². The van der Waals surface area contributed by atoms with Gasteiger partial charge < -0.3 is 15.3 Å². The minimum atomic E-state index is 0.143. The first-order valence-electron chi connectivity index (χ1n) is 11.5. The van der Waals surface area contributed by atoms with Gasteiger partial charge in [-0.3, -0.25) is 0 Å². The first kappa shape index (κ1) is 25.3.